The van der Waals surface area contributed by atoms with Gasteiger partial charge >= 0.3 is 0 Å². The molecule has 1 aromatic carbocycles. The molecule has 6 rings (SSSR count). The molecule has 8 nitrogen and oxygen atoms in total. The van der Waals surface area contributed by atoms with Crippen LogP contribution in [0.5, 0.6) is 0 Å². The first-order valence-electron chi connectivity index (χ1n) is 11.1. The molecule has 0 radical (unpaired) electrons. The predicted molar refractivity (Wildman–Crippen MR) is 130 cm³/mol. The molecule has 6 N–H and O–H groups in total. The van der Waals surface area contributed by atoms with Crippen LogP contribution in [0.15, 0.2) is 47.3 Å². The molecule has 2 aliphatic rings. The number of pyridine rings is 1. The van der Waals surface area contributed by atoms with Crippen LogP contribution in [0, 0.1) is 11.3 Å². The largest absolute Gasteiger partial charge is 0.388 e. The molecule has 2 aliphatic carbocycles. The van der Waals surface area contributed by atoms with Crippen molar-refractivity contribution >= 4 is 49.5 Å². The molecule has 0 bridgehead atoms. The van der Waals surface area contributed by atoms with Gasteiger partial charge in [-0.3, -0.25) is 0 Å². The minimum atomic E-state index is -1.42. The summed E-state index contributed by atoms with van der Waals surface area (Å²) in [6, 6.07) is 9.99. The van der Waals surface area contributed by atoms with Crippen molar-refractivity contribution in [2.75, 3.05) is 11.5 Å². The van der Waals surface area contributed by atoms with Crippen molar-refractivity contribution in [2.24, 2.45) is 11.3 Å². The summed E-state index contributed by atoms with van der Waals surface area (Å²) in [6.07, 6.45) is 6.21. The van der Waals surface area contributed by atoms with Gasteiger partial charge in [0.15, 0.2) is 5.72 Å². The molecule has 0 unspecified atom stereocenters. The van der Waals surface area contributed by atoms with E-state index < -0.39 is 11.8 Å². The molecule has 33 heavy (non-hydrogen) atoms. The number of fused-ring (bicyclic) bond motifs is 3. The summed E-state index contributed by atoms with van der Waals surface area (Å²) in [6.45, 7) is 0. The molecule has 170 valence electrons. The van der Waals surface area contributed by atoms with Crippen LogP contribution >= 0.6 is 15.9 Å². The number of nitrogens with two attached hydrogens (primary N) is 2. The van der Waals surface area contributed by atoms with Gasteiger partial charge in [-0.2, -0.15) is 0 Å². The van der Waals surface area contributed by atoms with E-state index in [1.807, 2.05) is 6.07 Å². The van der Waals surface area contributed by atoms with Gasteiger partial charge < -0.3 is 26.2 Å². The number of anilines is 2. The normalized spacial score (nSPS) is 28.8. The van der Waals surface area contributed by atoms with E-state index >= 15 is 0 Å². The number of aliphatic hydroxyl groups excluding tert-OH is 1. The fraction of sp³-hybridized carbons (Fsp3) is 0.375. The fourth-order valence-electron chi connectivity index (χ4n) is 6.03. The van der Waals surface area contributed by atoms with Crippen molar-refractivity contribution in [2.45, 2.75) is 43.9 Å². The van der Waals surface area contributed by atoms with E-state index in [-0.39, 0.29) is 11.3 Å². The van der Waals surface area contributed by atoms with Gasteiger partial charge in [0.05, 0.1) is 15.4 Å². The van der Waals surface area contributed by atoms with E-state index in [4.69, 9.17) is 11.5 Å². The van der Waals surface area contributed by atoms with E-state index in [9.17, 15) is 10.2 Å². The number of aryl methyl sites for hydroxylation is 1. The SMILES string of the molecule is Nc1nc2cc(CC[C@@]34CC[C@@H]3C[C@](O)(n3ccc5c(N)ncnc53)[C@@H]4O)ccc2cc1Br. The Morgan fingerprint density at radius 1 is 1.15 bits per heavy atom. The van der Waals surface area contributed by atoms with Gasteiger partial charge in [0.2, 0.25) is 0 Å². The fourth-order valence-corrected chi connectivity index (χ4v) is 6.37. The summed E-state index contributed by atoms with van der Waals surface area (Å²) < 4.78 is 2.47. The van der Waals surface area contributed by atoms with Gasteiger partial charge in [0.1, 0.15) is 29.7 Å². The van der Waals surface area contributed by atoms with Crippen molar-refractivity contribution in [3.05, 3.63) is 52.9 Å². The molecule has 0 aliphatic heterocycles. The molecule has 4 atom stereocenters. The minimum absolute atomic E-state index is 0.249. The first kappa shape index (κ1) is 20.8. The Hall–Kier alpha value is -2.75. The second kappa shape index (κ2) is 7.12. The van der Waals surface area contributed by atoms with Crippen molar-refractivity contribution in [3.63, 3.8) is 0 Å². The van der Waals surface area contributed by atoms with Gasteiger partial charge in [-0.05, 0) is 71.3 Å². The Balaban J connectivity index is 1.29. The lowest BCUT2D eigenvalue weighted by atomic mass is 9.58. The van der Waals surface area contributed by atoms with Crippen molar-refractivity contribution in [1.29, 1.82) is 0 Å². The van der Waals surface area contributed by atoms with Crippen LogP contribution in [0.3, 0.4) is 0 Å². The van der Waals surface area contributed by atoms with Crippen LogP contribution in [-0.4, -0.2) is 35.8 Å². The number of hydrogen-bond donors (Lipinski definition) is 4. The molecule has 9 heteroatoms. The highest BCUT2D eigenvalue weighted by Crippen LogP contribution is 2.64. The van der Waals surface area contributed by atoms with Gasteiger partial charge in [0.25, 0.3) is 0 Å². The molecular weight excluding hydrogens is 484 g/mol. The zero-order chi connectivity index (χ0) is 23.0. The van der Waals surface area contributed by atoms with Crippen LogP contribution in [0.2, 0.25) is 0 Å². The van der Waals surface area contributed by atoms with E-state index in [1.54, 1.807) is 16.8 Å². The lowest BCUT2D eigenvalue weighted by molar-refractivity contribution is -0.153. The Morgan fingerprint density at radius 2 is 2.00 bits per heavy atom. The van der Waals surface area contributed by atoms with E-state index in [1.165, 1.54) is 6.33 Å². The van der Waals surface area contributed by atoms with Crippen LogP contribution in [0.1, 0.15) is 31.2 Å². The Bertz CT molecular complexity index is 1410. The first-order valence-corrected chi connectivity index (χ1v) is 11.9. The molecule has 3 aromatic heterocycles. The van der Waals surface area contributed by atoms with Crippen LogP contribution in [0.4, 0.5) is 11.6 Å². The highest BCUT2D eigenvalue weighted by Gasteiger charge is 2.66. The lowest BCUT2D eigenvalue weighted by Crippen LogP contribution is -2.50. The molecule has 2 fully saturated rings. The highest BCUT2D eigenvalue weighted by atomic mass is 79.9. The Labute approximate surface area is 198 Å². The molecular formula is C24H25BrN6O2. The third-order valence-electron chi connectivity index (χ3n) is 7.97. The number of hydrogen-bond acceptors (Lipinski definition) is 7. The summed E-state index contributed by atoms with van der Waals surface area (Å²) in [5, 5.41) is 25.0. The van der Waals surface area contributed by atoms with Gasteiger partial charge in [-0.15, -0.1) is 0 Å². The maximum Gasteiger partial charge on any atom is 0.169 e. The quantitative estimate of drug-likeness (QED) is 0.331. The second-order valence-corrected chi connectivity index (χ2v) is 10.4. The number of aromatic nitrogens is 4. The number of benzene rings is 1. The minimum Gasteiger partial charge on any atom is -0.388 e. The zero-order valence-electron chi connectivity index (χ0n) is 17.9. The summed E-state index contributed by atoms with van der Waals surface area (Å²) in [7, 11) is 0. The smallest absolute Gasteiger partial charge is 0.169 e. The number of halogens is 1. The van der Waals surface area contributed by atoms with Crippen molar-refractivity contribution in [1.82, 2.24) is 19.5 Å². The zero-order valence-corrected chi connectivity index (χ0v) is 19.5. The number of rotatable bonds is 4. The average molecular weight is 509 g/mol. The number of nitrogen functional groups attached to an aromatic ring is 2. The monoisotopic (exact) mass is 508 g/mol. The molecule has 0 saturated heterocycles. The molecule has 0 spiro atoms. The van der Waals surface area contributed by atoms with E-state index in [0.717, 1.165) is 46.6 Å². The van der Waals surface area contributed by atoms with Crippen molar-refractivity contribution < 1.29 is 10.2 Å². The van der Waals surface area contributed by atoms with Gasteiger partial charge in [-0.1, -0.05) is 12.1 Å². The lowest BCUT2D eigenvalue weighted by Gasteiger charge is -2.47. The predicted octanol–water partition coefficient (Wildman–Crippen LogP) is 3.35. The Kier molecular flexibility index (Phi) is 4.50. The number of nitrogens with zero attached hydrogens (tertiary/aromatic N) is 4. The summed E-state index contributed by atoms with van der Waals surface area (Å²) in [4.78, 5) is 12.9. The third-order valence-corrected chi connectivity index (χ3v) is 8.61. The topological polar surface area (TPSA) is 136 Å². The van der Waals surface area contributed by atoms with Gasteiger partial charge in [0, 0.05) is 23.4 Å². The third kappa shape index (κ3) is 2.92. The van der Waals surface area contributed by atoms with Gasteiger partial charge in [-0.25, -0.2) is 15.0 Å². The maximum absolute atomic E-state index is 11.7. The van der Waals surface area contributed by atoms with Crippen LogP contribution in [-0.2, 0) is 12.1 Å². The Morgan fingerprint density at radius 3 is 2.79 bits per heavy atom. The maximum atomic E-state index is 11.7. The first-order chi connectivity index (χ1) is 15.8. The van der Waals surface area contributed by atoms with Crippen LogP contribution < -0.4 is 11.5 Å². The molecule has 3 heterocycles. The molecule has 4 aromatic rings. The van der Waals surface area contributed by atoms with E-state index in [2.05, 4.69) is 49.1 Å². The second-order valence-electron chi connectivity index (χ2n) is 9.52. The highest BCUT2D eigenvalue weighted by molar-refractivity contribution is 9.10. The standard InChI is InChI=1S/C24H25BrN6O2/c25-17-10-14-2-1-13(9-18(14)30-20(17)27)3-6-23-7-4-15(23)11-24(33,22(23)32)31-8-5-16-19(26)28-12-29-21(16)31/h1-2,5,8-10,12,15,22,32-33H,3-4,6-7,11H2,(H2,27,30)(H2,26,28,29)/t15-,22-,23-,24-/m1/s1. The average Bonchev–Trinajstić information content (AvgIpc) is 3.28. The van der Waals surface area contributed by atoms with Crippen LogP contribution in [0.25, 0.3) is 21.9 Å². The summed E-state index contributed by atoms with van der Waals surface area (Å²) >= 11 is 3.43. The summed E-state index contributed by atoms with van der Waals surface area (Å²) in [5.74, 6) is 1.08. The molecule has 0 amide bonds. The van der Waals surface area contributed by atoms with E-state index in [0.29, 0.717) is 29.1 Å². The molecule has 2 saturated carbocycles. The summed E-state index contributed by atoms with van der Waals surface area (Å²) in [5.41, 5.74) is 12.7. The van der Waals surface area contributed by atoms with Crippen molar-refractivity contribution in [3.8, 4) is 0 Å². The number of aliphatic hydroxyl groups is 2.